The first kappa shape index (κ1) is 10.5. The first-order valence-corrected chi connectivity index (χ1v) is 4.88. The molecule has 2 aliphatic rings. The van der Waals surface area contributed by atoms with Crippen LogP contribution in [0.1, 0.15) is 33.6 Å². The van der Waals surface area contributed by atoms with Crippen molar-refractivity contribution < 1.29 is 9.53 Å². The van der Waals surface area contributed by atoms with E-state index in [2.05, 4.69) is 9.64 Å². The van der Waals surface area contributed by atoms with Crippen molar-refractivity contribution in [3.63, 3.8) is 0 Å². The van der Waals surface area contributed by atoms with Crippen molar-refractivity contribution in [2.24, 2.45) is 0 Å². The maximum atomic E-state index is 9.60. The fraction of sp³-hybridized carbons (Fsp3) is 0.900. The summed E-state index contributed by atoms with van der Waals surface area (Å²) in [6.45, 7) is 8.71. The molecule has 0 N–H and O–H groups in total. The minimum atomic E-state index is -0.318. The Kier molecular flexibility index (Phi) is 3.31. The van der Waals surface area contributed by atoms with Gasteiger partial charge in [-0.2, -0.15) is 0 Å². The molecule has 2 fully saturated rings. The summed E-state index contributed by atoms with van der Waals surface area (Å²) in [6.07, 6.45) is 2.97. The van der Waals surface area contributed by atoms with Gasteiger partial charge < -0.3 is 9.64 Å². The van der Waals surface area contributed by atoms with E-state index in [9.17, 15) is 4.79 Å². The van der Waals surface area contributed by atoms with Crippen LogP contribution in [0.25, 0.3) is 0 Å². The van der Waals surface area contributed by atoms with E-state index in [0.717, 1.165) is 6.04 Å². The highest BCUT2D eigenvalue weighted by Crippen LogP contribution is 2.28. The summed E-state index contributed by atoms with van der Waals surface area (Å²) < 4.78 is 4.55. The summed E-state index contributed by atoms with van der Waals surface area (Å²) in [4.78, 5) is 12.1. The number of ether oxygens (including phenoxy) is 1. The third kappa shape index (κ3) is 3.35. The standard InChI is InChI=1S/C5H9N.C5H10O2/c1-3-6-4-2-5(1)6;1-5(2,3)7-4-6/h5H,1-4H2;4H,1-3H3. The maximum absolute atomic E-state index is 9.60. The lowest BCUT2D eigenvalue weighted by molar-refractivity contribution is -0.138. The monoisotopic (exact) mass is 185 g/mol. The average Bonchev–Trinajstić information content (AvgIpc) is 1.95. The Hall–Kier alpha value is -0.570. The Morgan fingerprint density at radius 2 is 1.77 bits per heavy atom. The summed E-state index contributed by atoms with van der Waals surface area (Å²) >= 11 is 0. The molecule has 0 bridgehead atoms. The fourth-order valence-corrected chi connectivity index (χ4v) is 1.39. The topological polar surface area (TPSA) is 29.5 Å². The van der Waals surface area contributed by atoms with Gasteiger partial charge in [0, 0.05) is 6.04 Å². The summed E-state index contributed by atoms with van der Waals surface area (Å²) in [5, 5.41) is 0. The van der Waals surface area contributed by atoms with Crippen molar-refractivity contribution in [1.29, 1.82) is 0 Å². The summed E-state index contributed by atoms with van der Waals surface area (Å²) in [5.41, 5.74) is -0.318. The Labute approximate surface area is 80.1 Å². The number of rotatable bonds is 1. The summed E-state index contributed by atoms with van der Waals surface area (Å²) in [7, 11) is 0. The van der Waals surface area contributed by atoms with Gasteiger partial charge in [-0.25, -0.2) is 0 Å². The van der Waals surface area contributed by atoms with Gasteiger partial charge in [0.05, 0.1) is 0 Å². The van der Waals surface area contributed by atoms with Gasteiger partial charge >= 0.3 is 0 Å². The van der Waals surface area contributed by atoms with Gasteiger partial charge in [0.1, 0.15) is 5.60 Å². The zero-order chi connectivity index (χ0) is 9.90. The molecule has 0 aromatic heterocycles. The second-order valence-corrected chi connectivity index (χ2v) is 4.59. The Morgan fingerprint density at radius 1 is 1.31 bits per heavy atom. The molecule has 2 rings (SSSR count). The minimum absolute atomic E-state index is 0.318. The van der Waals surface area contributed by atoms with E-state index in [1.54, 1.807) is 0 Å². The SMILES string of the molecule is C1CN2CCC12.CC(C)(C)OC=O. The summed E-state index contributed by atoms with van der Waals surface area (Å²) in [6, 6.07) is 1.05. The Balaban J connectivity index is 0.000000130. The molecule has 0 amide bonds. The van der Waals surface area contributed by atoms with Gasteiger partial charge in [0.25, 0.3) is 6.47 Å². The van der Waals surface area contributed by atoms with Crippen molar-refractivity contribution in [2.45, 2.75) is 45.3 Å². The van der Waals surface area contributed by atoms with E-state index in [1.807, 2.05) is 20.8 Å². The molecular weight excluding hydrogens is 166 g/mol. The van der Waals surface area contributed by atoms with Crippen LogP contribution in [0, 0.1) is 0 Å². The molecule has 13 heavy (non-hydrogen) atoms. The third-order valence-electron chi connectivity index (χ3n) is 2.42. The lowest BCUT2D eigenvalue weighted by atomic mass is 9.91. The number of piperidine rings is 1. The van der Waals surface area contributed by atoms with Crippen LogP contribution in [0.2, 0.25) is 0 Å². The molecule has 0 unspecified atom stereocenters. The third-order valence-corrected chi connectivity index (χ3v) is 2.42. The van der Waals surface area contributed by atoms with Crippen LogP contribution in [0.4, 0.5) is 0 Å². The molecule has 0 aromatic carbocycles. The molecule has 2 heterocycles. The minimum Gasteiger partial charge on any atom is -0.462 e. The van der Waals surface area contributed by atoms with Crippen LogP contribution in [0.3, 0.4) is 0 Å². The predicted octanol–water partition coefficient (Wildman–Crippen LogP) is 1.42. The number of nitrogens with zero attached hydrogens (tertiary/aromatic N) is 1. The van der Waals surface area contributed by atoms with E-state index < -0.39 is 0 Å². The normalized spacial score (nSPS) is 21.5. The van der Waals surface area contributed by atoms with Crippen molar-refractivity contribution in [1.82, 2.24) is 4.90 Å². The predicted molar refractivity (Wildman–Crippen MR) is 51.5 cm³/mol. The van der Waals surface area contributed by atoms with Gasteiger partial charge in [-0.1, -0.05) is 0 Å². The van der Waals surface area contributed by atoms with Crippen molar-refractivity contribution >= 4 is 6.47 Å². The maximum Gasteiger partial charge on any atom is 0.293 e. The second-order valence-electron chi connectivity index (χ2n) is 4.59. The van der Waals surface area contributed by atoms with Gasteiger partial charge in [-0.3, -0.25) is 4.79 Å². The van der Waals surface area contributed by atoms with E-state index >= 15 is 0 Å². The number of fused-ring (bicyclic) bond motifs is 1. The smallest absolute Gasteiger partial charge is 0.293 e. The molecule has 2 saturated heterocycles. The van der Waals surface area contributed by atoms with E-state index in [1.165, 1.54) is 25.9 Å². The molecular formula is C10H19NO2. The zero-order valence-corrected chi connectivity index (χ0v) is 8.75. The molecule has 3 nitrogen and oxygen atoms in total. The second kappa shape index (κ2) is 4.09. The van der Waals surface area contributed by atoms with Gasteiger partial charge in [0.2, 0.25) is 0 Å². The van der Waals surface area contributed by atoms with Crippen LogP contribution < -0.4 is 0 Å². The molecule has 2 aliphatic heterocycles. The molecule has 3 heteroatoms. The largest absolute Gasteiger partial charge is 0.462 e. The highest BCUT2D eigenvalue weighted by molar-refractivity contribution is 5.37. The molecule has 0 radical (unpaired) electrons. The Bertz CT molecular complexity index is 156. The van der Waals surface area contributed by atoms with E-state index in [4.69, 9.17) is 0 Å². The number of hydrogen-bond acceptors (Lipinski definition) is 3. The highest BCUT2D eigenvalue weighted by Gasteiger charge is 2.34. The first-order valence-electron chi connectivity index (χ1n) is 4.88. The molecule has 0 aromatic rings. The molecule has 0 saturated carbocycles. The quantitative estimate of drug-likeness (QED) is 0.579. The van der Waals surface area contributed by atoms with E-state index in [0.29, 0.717) is 6.47 Å². The highest BCUT2D eigenvalue weighted by atomic mass is 16.5. The van der Waals surface area contributed by atoms with Gasteiger partial charge in [-0.15, -0.1) is 0 Å². The fourth-order valence-electron chi connectivity index (χ4n) is 1.39. The lowest BCUT2D eigenvalue weighted by Crippen LogP contribution is -2.57. The molecule has 0 spiro atoms. The van der Waals surface area contributed by atoms with Crippen LogP contribution in [0.5, 0.6) is 0 Å². The first-order chi connectivity index (χ1) is 6.03. The van der Waals surface area contributed by atoms with Gasteiger partial charge in [-0.05, 0) is 46.7 Å². The zero-order valence-electron chi connectivity index (χ0n) is 8.75. The summed E-state index contributed by atoms with van der Waals surface area (Å²) in [5.74, 6) is 0. The van der Waals surface area contributed by atoms with Crippen LogP contribution in [-0.2, 0) is 9.53 Å². The lowest BCUT2D eigenvalue weighted by Gasteiger charge is -2.50. The van der Waals surface area contributed by atoms with Crippen LogP contribution in [-0.4, -0.2) is 36.1 Å². The van der Waals surface area contributed by atoms with Crippen molar-refractivity contribution in [3.8, 4) is 0 Å². The number of carbonyl (C=O) groups is 1. The van der Waals surface area contributed by atoms with Crippen molar-refractivity contribution in [2.75, 3.05) is 13.1 Å². The van der Waals surface area contributed by atoms with Crippen LogP contribution >= 0.6 is 0 Å². The number of hydrogen-bond donors (Lipinski definition) is 0. The Morgan fingerprint density at radius 3 is 1.77 bits per heavy atom. The van der Waals surface area contributed by atoms with Gasteiger partial charge in [0.15, 0.2) is 0 Å². The molecule has 76 valence electrons. The van der Waals surface area contributed by atoms with Crippen LogP contribution in [0.15, 0.2) is 0 Å². The van der Waals surface area contributed by atoms with E-state index in [-0.39, 0.29) is 5.60 Å². The number of carbonyl (C=O) groups excluding carboxylic acids is 1. The van der Waals surface area contributed by atoms with Crippen molar-refractivity contribution in [3.05, 3.63) is 0 Å². The average molecular weight is 185 g/mol. The molecule has 0 aliphatic carbocycles. The molecule has 0 atom stereocenters.